The van der Waals surface area contributed by atoms with Gasteiger partial charge in [-0.1, -0.05) is 21.3 Å². The van der Waals surface area contributed by atoms with Crippen LogP contribution in [0.4, 0.5) is 0 Å². The minimum absolute atomic E-state index is 0. The van der Waals surface area contributed by atoms with Crippen LogP contribution < -0.4 is 0 Å². The summed E-state index contributed by atoms with van der Waals surface area (Å²) in [6.45, 7) is 15.0. The van der Waals surface area contributed by atoms with E-state index in [2.05, 4.69) is 13.8 Å². The summed E-state index contributed by atoms with van der Waals surface area (Å²) in [5.74, 6) is 0. The van der Waals surface area contributed by atoms with Crippen LogP contribution in [0.1, 0.15) is 49.0 Å². The molecule has 110 valence electrons. The molecule has 0 bridgehead atoms. The Balaban J connectivity index is 0.000000306. The van der Waals surface area contributed by atoms with Crippen LogP contribution >= 0.6 is 0 Å². The Bertz CT molecular complexity index is 224. The molecule has 0 radical (unpaired) electrons. The van der Waals surface area contributed by atoms with Crippen molar-refractivity contribution in [3.8, 4) is 0 Å². The summed E-state index contributed by atoms with van der Waals surface area (Å²) in [7, 11) is 0. The van der Waals surface area contributed by atoms with Crippen LogP contribution in [0.15, 0.2) is 0 Å². The molecule has 0 aliphatic carbocycles. The highest BCUT2D eigenvalue weighted by molar-refractivity contribution is 4.91. The Kier molecular flexibility index (Phi) is 6.27. The van der Waals surface area contributed by atoms with Gasteiger partial charge in [0.2, 0.25) is 0 Å². The Morgan fingerprint density at radius 3 is 1.22 bits per heavy atom. The second-order valence-electron chi connectivity index (χ2n) is 6.41. The van der Waals surface area contributed by atoms with E-state index in [1.165, 1.54) is 0 Å². The first-order chi connectivity index (χ1) is 7.66. The number of hydrogen-bond acceptors (Lipinski definition) is 4. The van der Waals surface area contributed by atoms with E-state index in [4.69, 9.17) is 18.9 Å². The molecule has 2 heterocycles. The van der Waals surface area contributed by atoms with Crippen LogP contribution in [0.5, 0.6) is 0 Å². The van der Waals surface area contributed by atoms with Gasteiger partial charge in [0.1, 0.15) is 13.6 Å². The van der Waals surface area contributed by atoms with Crippen LogP contribution in [0, 0.1) is 5.41 Å². The van der Waals surface area contributed by atoms with E-state index in [1.807, 2.05) is 27.7 Å². The Labute approximate surface area is 112 Å². The topological polar surface area (TPSA) is 36.9 Å². The summed E-state index contributed by atoms with van der Waals surface area (Å²) >= 11 is 0. The van der Waals surface area contributed by atoms with Gasteiger partial charge in [-0.15, -0.1) is 0 Å². The zero-order valence-electron chi connectivity index (χ0n) is 12.0. The van der Waals surface area contributed by atoms with Gasteiger partial charge < -0.3 is 18.9 Å². The van der Waals surface area contributed by atoms with Crippen molar-refractivity contribution < 1.29 is 18.9 Å². The van der Waals surface area contributed by atoms with Gasteiger partial charge in [0.25, 0.3) is 0 Å². The molecule has 0 aromatic carbocycles. The second kappa shape index (κ2) is 6.33. The quantitative estimate of drug-likeness (QED) is 0.672. The highest BCUT2D eigenvalue weighted by Gasteiger charge is 2.44. The molecule has 2 fully saturated rings. The first-order valence-corrected chi connectivity index (χ1v) is 6.10. The standard InChI is InChI=1S/C7H14O2.C6H12O2.CH4/c1-6(2)7(3,4)9-5-8-6;1-6(2)3-7-5-8-4-6;/h5H2,1-4H3;3-5H2,1-2H3;1H4. The summed E-state index contributed by atoms with van der Waals surface area (Å²) in [4.78, 5) is 0. The lowest BCUT2D eigenvalue weighted by molar-refractivity contribution is -0.153. The van der Waals surface area contributed by atoms with Crippen molar-refractivity contribution in [3.63, 3.8) is 0 Å². The van der Waals surface area contributed by atoms with Gasteiger partial charge in [0.15, 0.2) is 0 Å². The maximum absolute atomic E-state index is 5.33. The van der Waals surface area contributed by atoms with Crippen molar-refractivity contribution in [2.24, 2.45) is 5.41 Å². The molecule has 2 aliphatic heterocycles. The Morgan fingerprint density at radius 2 is 1.06 bits per heavy atom. The molecule has 18 heavy (non-hydrogen) atoms. The Hall–Kier alpha value is -0.160. The van der Waals surface area contributed by atoms with Crippen LogP contribution in [0.2, 0.25) is 0 Å². The second-order valence-corrected chi connectivity index (χ2v) is 6.41. The number of ether oxygens (including phenoxy) is 4. The minimum atomic E-state index is -0.132. The predicted molar refractivity (Wildman–Crippen MR) is 72.5 cm³/mol. The molecule has 4 nitrogen and oxygen atoms in total. The van der Waals surface area contributed by atoms with Gasteiger partial charge in [0.05, 0.1) is 24.4 Å². The number of rotatable bonds is 0. The molecule has 0 amide bonds. The third-order valence-corrected chi connectivity index (χ3v) is 3.44. The average molecular weight is 262 g/mol. The van der Waals surface area contributed by atoms with Crippen molar-refractivity contribution in [1.29, 1.82) is 0 Å². The van der Waals surface area contributed by atoms with Gasteiger partial charge in [-0.3, -0.25) is 0 Å². The summed E-state index contributed by atoms with van der Waals surface area (Å²) in [5, 5.41) is 0. The van der Waals surface area contributed by atoms with Crippen molar-refractivity contribution in [3.05, 3.63) is 0 Å². The van der Waals surface area contributed by atoms with E-state index in [0.717, 1.165) is 13.2 Å². The maximum Gasteiger partial charge on any atom is 0.148 e. The summed E-state index contributed by atoms with van der Waals surface area (Å²) in [6.07, 6.45) is 0. The van der Waals surface area contributed by atoms with E-state index in [9.17, 15) is 0 Å². The molecule has 2 saturated heterocycles. The van der Waals surface area contributed by atoms with Gasteiger partial charge in [0, 0.05) is 5.41 Å². The largest absolute Gasteiger partial charge is 0.355 e. The van der Waals surface area contributed by atoms with Crippen LogP contribution in [0.25, 0.3) is 0 Å². The molecular formula is C14H30O4. The highest BCUT2D eigenvalue weighted by Crippen LogP contribution is 2.34. The fraction of sp³-hybridized carbons (Fsp3) is 1.00. The normalized spacial score (nSPS) is 27.7. The molecule has 0 unspecified atom stereocenters. The smallest absolute Gasteiger partial charge is 0.148 e. The zero-order valence-corrected chi connectivity index (χ0v) is 12.0. The Morgan fingerprint density at radius 1 is 0.667 bits per heavy atom. The van der Waals surface area contributed by atoms with Gasteiger partial charge >= 0.3 is 0 Å². The first-order valence-electron chi connectivity index (χ1n) is 6.10. The molecule has 2 rings (SSSR count). The lowest BCUT2D eigenvalue weighted by Crippen LogP contribution is -2.41. The van der Waals surface area contributed by atoms with Crippen LogP contribution in [0.3, 0.4) is 0 Å². The summed E-state index contributed by atoms with van der Waals surface area (Å²) in [5.41, 5.74) is -0.0295. The minimum Gasteiger partial charge on any atom is -0.355 e. The SMILES string of the molecule is C.CC1(C)COCOC1.CC1(C)OCOC1(C)C. The zero-order chi connectivity index (χ0) is 13.2. The third-order valence-electron chi connectivity index (χ3n) is 3.44. The monoisotopic (exact) mass is 262 g/mol. The molecule has 2 aliphatic rings. The van der Waals surface area contributed by atoms with Crippen molar-refractivity contribution in [2.45, 2.75) is 60.2 Å². The third kappa shape index (κ3) is 4.84. The van der Waals surface area contributed by atoms with E-state index in [-0.39, 0.29) is 24.0 Å². The van der Waals surface area contributed by atoms with Crippen LogP contribution in [-0.4, -0.2) is 38.0 Å². The van der Waals surface area contributed by atoms with E-state index >= 15 is 0 Å². The summed E-state index contributed by atoms with van der Waals surface area (Å²) < 4.78 is 20.8. The molecule has 0 saturated carbocycles. The molecule has 0 aromatic rings. The molecular weight excluding hydrogens is 232 g/mol. The fourth-order valence-corrected chi connectivity index (χ4v) is 1.41. The lowest BCUT2D eigenvalue weighted by Gasteiger charge is -2.30. The van der Waals surface area contributed by atoms with Gasteiger partial charge in [-0.05, 0) is 27.7 Å². The maximum atomic E-state index is 5.33. The van der Waals surface area contributed by atoms with Crippen molar-refractivity contribution in [2.75, 3.05) is 26.8 Å². The predicted octanol–water partition coefficient (Wildman–Crippen LogP) is 3.20. The average Bonchev–Trinajstić information content (AvgIpc) is 2.40. The van der Waals surface area contributed by atoms with Crippen molar-refractivity contribution >= 4 is 0 Å². The highest BCUT2D eigenvalue weighted by atomic mass is 16.7. The lowest BCUT2D eigenvalue weighted by atomic mass is 9.90. The van der Waals surface area contributed by atoms with E-state index in [1.54, 1.807) is 0 Å². The molecule has 0 atom stereocenters. The summed E-state index contributed by atoms with van der Waals surface area (Å²) in [6, 6.07) is 0. The van der Waals surface area contributed by atoms with E-state index in [0.29, 0.717) is 13.6 Å². The van der Waals surface area contributed by atoms with Crippen LogP contribution in [-0.2, 0) is 18.9 Å². The van der Waals surface area contributed by atoms with E-state index < -0.39 is 0 Å². The molecule has 0 spiro atoms. The molecule has 4 heteroatoms. The van der Waals surface area contributed by atoms with Gasteiger partial charge in [-0.2, -0.15) is 0 Å². The van der Waals surface area contributed by atoms with Crippen molar-refractivity contribution in [1.82, 2.24) is 0 Å². The molecule has 0 N–H and O–H groups in total. The first kappa shape index (κ1) is 17.8. The fourth-order valence-electron chi connectivity index (χ4n) is 1.41. The number of hydrogen-bond donors (Lipinski definition) is 0. The molecule has 0 aromatic heterocycles. The van der Waals surface area contributed by atoms with Gasteiger partial charge in [-0.25, -0.2) is 0 Å².